The van der Waals surface area contributed by atoms with Crippen LogP contribution in [-0.4, -0.2) is 32.7 Å². The van der Waals surface area contributed by atoms with Gasteiger partial charge in [0, 0.05) is 11.9 Å². The summed E-state index contributed by atoms with van der Waals surface area (Å²) in [5, 5.41) is 3.25. The summed E-state index contributed by atoms with van der Waals surface area (Å²) in [4.78, 5) is 23.8. The molecule has 1 amide bonds. The second-order valence-corrected chi connectivity index (χ2v) is 8.76. The van der Waals surface area contributed by atoms with Gasteiger partial charge in [-0.3, -0.25) is 9.59 Å². The van der Waals surface area contributed by atoms with E-state index in [0.717, 1.165) is 5.56 Å². The Kier molecular flexibility index (Phi) is 8.02. The number of amides is 1. The quantitative estimate of drug-likeness (QED) is 0.493. The summed E-state index contributed by atoms with van der Waals surface area (Å²) in [6, 6.07) is 14.4. The molecular formula is C20H22ClNO5S. The molecule has 0 aliphatic heterocycles. The van der Waals surface area contributed by atoms with E-state index in [2.05, 4.69) is 5.32 Å². The molecule has 150 valence electrons. The van der Waals surface area contributed by atoms with Crippen LogP contribution < -0.4 is 5.32 Å². The standard InChI is InChI=1S/C20H22ClNO5S/c1-15(23)22-19(16-8-10-17(21)11-9-16)14-20(24)27-12-5-13-28(25,26)18-6-3-2-4-7-18/h2-4,6-11,19H,5,12-14H2,1H3,(H,22,23). The Morgan fingerprint density at radius 2 is 1.71 bits per heavy atom. The zero-order valence-corrected chi connectivity index (χ0v) is 17.0. The summed E-state index contributed by atoms with van der Waals surface area (Å²) in [5.41, 5.74) is 0.725. The SMILES string of the molecule is CC(=O)NC(CC(=O)OCCCS(=O)(=O)c1ccccc1)c1ccc(Cl)cc1. The maximum atomic E-state index is 12.2. The van der Waals surface area contributed by atoms with Gasteiger partial charge in [0.15, 0.2) is 9.84 Å². The molecule has 0 aliphatic carbocycles. The first-order valence-corrected chi connectivity index (χ1v) is 10.8. The second-order valence-electron chi connectivity index (χ2n) is 6.21. The molecule has 0 bridgehead atoms. The van der Waals surface area contributed by atoms with Crippen LogP contribution in [0.5, 0.6) is 0 Å². The van der Waals surface area contributed by atoms with Gasteiger partial charge >= 0.3 is 5.97 Å². The lowest BCUT2D eigenvalue weighted by Gasteiger charge is -2.17. The van der Waals surface area contributed by atoms with E-state index in [1.54, 1.807) is 42.5 Å². The maximum Gasteiger partial charge on any atom is 0.308 e. The Labute approximate surface area is 169 Å². The van der Waals surface area contributed by atoms with Crippen molar-refractivity contribution in [1.82, 2.24) is 5.32 Å². The number of nitrogens with one attached hydrogen (secondary N) is 1. The summed E-state index contributed by atoms with van der Waals surface area (Å²) >= 11 is 5.87. The third-order valence-electron chi connectivity index (χ3n) is 3.94. The molecule has 2 rings (SSSR count). The molecule has 6 nitrogen and oxygen atoms in total. The molecule has 2 aromatic carbocycles. The van der Waals surface area contributed by atoms with Crippen LogP contribution in [-0.2, 0) is 24.2 Å². The fourth-order valence-corrected chi connectivity index (χ4v) is 4.03. The molecule has 1 N–H and O–H groups in total. The number of hydrogen-bond acceptors (Lipinski definition) is 5. The molecule has 2 aromatic rings. The van der Waals surface area contributed by atoms with Crippen molar-refractivity contribution in [3.05, 3.63) is 65.2 Å². The Morgan fingerprint density at radius 1 is 1.07 bits per heavy atom. The number of esters is 1. The van der Waals surface area contributed by atoms with Crippen LogP contribution in [0.15, 0.2) is 59.5 Å². The first kappa shape index (κ1) is 21.9. The molecular weight excluding hydrogens is 402 g/mol. The van der Waals surface area contributed by atoms with Gasteiger partial charge in [0.1, 0.15) is 0 Å². The highest BCUT2D eigenvalue weighted by atomic mass is 35.5. The molecule has 0 saturated carbocycles. The van der Waals surface area contributed by atoms with Crippen LogP contribution in [0.2, 0.25) is 5.02 Å². The van der Waals surface area contributed by atoms with Gasteiger partial charge in [-0.15, -0.1) is 0 Å². The molecule has 0 heterocycles. The fraction of sp³-hybridized carbons (Fsp3) is 0.300. The first-order valence-electron chi connectivity index (χ1n) is 8.74. The Morgan fingerprint density at radius 3 is 2.32 bits per heavy atom. The zero-order valence-electron chi connectivity index (χ0n) is 15.4. The maximum absolute atomic E-state index is 12.2. The lowest BCUT2D eigenvalue weighted by Crippen LogP contribution is -2.28. The van der Waals surface area contributed by atoms with Gasteiger partial charge in [0.05, 0.1) is 29.7 Å². The van der Waals surface area contributed by atoms with Crippen molar-refractivity contribution in [3.8, 4) is 0 Å². The highest BCUT2D eigenvalue weighted by Gasteiger charge is 2.19. The third kappa shape index (κ3) is 6.98. The van der Waals surface area contributed by atoms with Crippen molar-refractivity contribution in [1.29, 1.82) is 0 Å². The van der Waals surface area contributed by atoms with E-state index in [-0.39, 0.29) is 36.0 Å². The largest absolute Gasteiger partial charge is 0.466 e. The summed E-state index contributed by atoms with van der Waals surface area (Å²) in [5.74, 6) is -0.913. The Hall–Kier alpha value is -2.38. The molecule has 0 fully saturated rings. The second kappa shape index (κ2) is 10.2. The normalized spacial score (nSPS) is 12.2. The van der Waals surface area contributed by atoms with Crippen LogP contribution in [0.4, 0.5) is 0 Å². The van der Waals surface area contributed by atoms with Crippen LogP contribution in [0, 0.1) is 0 Å². The molecule has 28 heavy (non-hydrogen) atoms. The van der Waals surface area contributed by atoms with Crippen LogP contribution in [0.3, 0.4) is 0 Å². The van der Waals surface area contributed by atoms with Gasteiger partial charge in [0.25, 0.3) is 0 Å². The molecule has 1 atom stereocenters. The third-order valence-corrected chi connectivity index (χ3v) is 6.01. The molecule has 0 saturated heterocycles. The zero-order chi connectivity index (χ0) is 20.6. The number of halogens is 1. The molecule has 0 spiro atoms. The van der Waals surface area contributed by atoms with Crippen molar-refractivity contribution < 1.29 is 22.7 Å². The van der Waals surface area contributed by atoms with Gasteiger partial charge in [0.2, 0.25) is 5.91 Å². The van der Waals surface area contributed by atoms with E-state index in [9.17, 15) is 18.0 Å². The highest BCUT2D eigenvalue weighted by Crippen LogP contribution is 2.20. The average Bonchev–Trinajstić information content (AvgIpc) is 2.66. The monoisotopic (exact) mass is 423 g/mol. The number of benzene rings is 2. The van der Waals surface area contributed by atoms with Gasteiger partial charge in [-0.1, -0.05) is 41.9 Å². The van der Waals surface area contributed by atoms with Crippen molar-refractivity contribution >= 4 is 33.3 Å². The minimum Gasteiger partial charge on any atom is -0.466 e. The van der Waals surface area contributed by atoms with E-state index in [4.69, 9.17) is 16.3 Å². The summed E-state index contributed by atoms with van der Waals surface area (Å²) in [6.07, 6.45) is 0.126. The predicted octanol–water partition coefficient (Wildman–Crippen LogP) is 3.31. The van der Waals surface area contributed by atoms with Crippen LogP contribution >= 0.6 is 11.6 Å². The smallest absolute Gasteiger partial charge is 0.308 e. The van der Waals surface area contributed by atoms with E-state index in [0.29, 0.717) is 5.02 Å². The van der Waals surface area contributed by atoms with Crippen molar-refractivity contribution in [3.63, 3.8) is 0 Å². The van der Waals surface area contributed by atoms with Crippen molar-refractivity contribution in [2.75, 3.05) is 12.4 Å². The van der Waals surface area contributed by atoms with Crippen molar-refractivity contribution in [2.45, 2.75) is 30.7 Å². The molecule has 0 aliphatic rings. The summed E-state index contributed by atoms with van der Waals surface area (Å²) in [7, 11) is -3.41. The van der Waals surface area contributed by atoms with E-state index >= 15 is 0 Å². The van der Waals surface area contributed by atoms with Gasteiger partial charge in [-0.05, 0) is 36.2 Å². The highest BCUT2D eigenvalue weighted by molar-refractivity contribution is 7.91. The van der Waals surface area contributed by atoms with Crippen LogP contribution in [0.1, 0.15) is 31.4 Å². The predicted molar refractivity (Wildman–Crippen MR) is 107 cm³/mol. The van der Waals surface area contributed by atoms with E-state index in [1.807, 2.05) is 0 Å². The number of rotatable bonds is 9. The van der Waals surface area contributed by atoms with Gasteiger partial charge in [-0.2, -0.15) is 0 Å². The number of carbonyl (C=O) groups excluding carboxylic acids is 2. The molecule has 1 unspecified atom stereocenters. The minimum atomic E-state index is -3.41. The van der Waals surface area contributed by atoms with Gasteiger partial charge in [-0.25, -0.2) is 8.42 Å². The topological polar surface area (TPSA) is 89.5 Å². The molecule has 8 heteroatoms. The van der Waals surface area contributed by atoms with E-state index < -0.39 is 21.8 Å². The molecule has 0 radical (unpaired) electrons. The minimum absolute atomic E-state index is 0.0156. The first-order chi connectivity index (χ1) is 13.3. The molecule has 0 aromatic heterocycles. The van der Waals surface area contributed by atoms with Gasteiger partial charge < -0.3 is 10.1 Å². The lowest BCUT2D eigenvalue weighted by atomic mass is 10.0. The van der Waals surface area contributed by atoms with E-state index in [1.165, 1.54) is 19.1 Å². The fourth-order valence-electron chi connectivity index (χ4n) is 2.60. The number of sulfone groups is 1. The summed E-state index contributed by atoms with van der Waals surface area (Å²) < 4.78 is 29.5. The average molecular weight is 424 g/mol. The lowest BCUT2D eigenvalue weighted by molar-refractivity contribution is -0.144. The van der Waals surface area contributed by atoms with Crippen molar-refractivity contribution in [2.24, 2.45) is 0 Å². The Balaban J connectivity index is 1.85. The Bertz CT molecular complexity index is 898. The number of hydrogen-bond donors (Lipinski definition) is 1. The summed E-state index contributed by atoms with van der Waals surface area (Å²) in [6.45, 7) is 1.35. The number of ether oxygens (including phenoxy) is 1. The van der Waals surface area contributed by atoms with Crippen LogP contribution in [0.25, 0.3) is 0 Å². The number of carbonyl (C=O) groups is 2.